The van der Waals surface area contributed by atoms with Crippen molar-refractivity contribution in [1.82, 2.24) is 5.32 Å². The van der Waals surface area contributed by atoms with Gasteiger partial charge in [-0.15, -0.1) is 11.8 Å². The van der Waals surface area contributed by atoms with Crippen LogP contribution in [0.4, 0.5) is 0 Å². The molecule has 1 heterocycles. The highest BCUT2D eigenvalue weighted by atomic mass is 32.2. The first-order chi connectivity index (χ1) is 5.36. The van der Waals surface area contributed by atoms with Crippen LogP contribution in [0.15, 0.2) is 22.8 Å². The van der Waals surface area contributed by atoms with Crippen molar-refractivity contribution in [2.45, 2.75) is 13.3 Å². The second-order valence-electron chi connectivity index (χ2n) is 3.14. The van der Waals surface area contributed by atoms with E-state index in [0.717, 1.165) is 12.5 Å². The van der Waals surface area contributed by atoms with Crippen molar-refractivity contribution < 1.29 is 0 Å². The lowest BCUT2D eigenvalue weighted by Crippen LogP contribution is -2.24. The molecule has 1 atom stereocenters. The number of hydrogen-bond donors (Lipinski definition) is 1. The van der Waals surface area contributed by atoms with Crippen molar-refractivity contribution in [1.29, 1.82) is 0 Å². The molecule has 0 aromatic rings. The fourth-order valence-corrected chi connectivity index (χ4v) is 2.52. The number of fused-ring (bicyclic) bond motifs is 1. The van der Waals surface area contributed by atoms with Crippen LogP contribution >= 0.6 is 11.8 Å². The summed E-state index contributed by atoms with van der Waals surface area (Å²) in [6.45, 7) is 3.40. The molecule has 0 saturated carbocycles. The van der Waals surface area contributed by atoms with Crippen LogP contribution in [0.3, 0.4) is 0 Å². The van der Waals surface area contributed by atoms with E-state index >= 15 is 0 Å². The maximum Gasteiger partial charge on any atom is 0.0435 e. The van der Waals surface area contributed by atoms with Gasteiger partial charge in [-0.05, 0) is 12.3 Å². The van der Waals surface area contributed by atoms with Gasteiger partial charge in [0.05, 0.1) is 0 Å². The van der Waals surface area contributed by atoms with Crippen molar-refractivity contribution in [3.05, 3.63) is 22.8 Å². The highest BCUT2D eigenvalue weighted by Crippen LogP contribution is 2.31. The largest absolute Gasteiger partial charge is 0.384 e. The van der Waals surface area contributed by atoms with Gasteiger partial charge in [0, 0.05) is 22.9 Å². The lowest BCUT2D eigenvalue weighted by molar-refractivity contribution is 0.709. The standard InChI is InChI=1S/C9H13NS/c1-7-2-3-8-9(6-7)11-5-4-10-8/h3,6-7,10H,2,4-5H2,1H3/t7-/m1/s1. The van der Waals surface area contributed by atoms with Gasteiger partial charge in [0.2, 0.25) is 0 Å². The molecule has 60 valence electrons. The normalized spacial score (nSPS) is 29.7. The molecule has 2 rings (SSSR count). The summed E-state index contributed by atoms with van der Waals surface area (Å²) in [7, 11) is 0. The number of allylic oxidation sites excluding steroid dienone is 2. The Morgan fingerprint density at radius 3 is 3.45 bits per heavy atom. The van der Waals surface area contributed by atoms with E-state index in [0.29, 0.717) is 0 Å². The molecule has 1 nitrogen and oxygen atoms in total. The van der Waals surface area contributed by atoms with Gasteiger partial charge in [-0.3, -0.25) is 0 Å². The van der Waals surface area contributed by atoms with E-state index in [-0.39, 0.29) is 0 Å². The molecule has 1 fully saturated rings. The first-order valence-corrected chi connectivity index (χ1v) is 5.14. The van der Waals surface area contributed by atoms with Crippen molar-refractivity contribution in [2.75, 3.05) is 12.3 Å². The average Bonchev–Trinajstić information content (AvgIpc) is 2.04. The predicted molar refractivity (Wildman–Crippen MR) is 50.4 cm³/mol. The summed E-state index contributed by atoms with van der Waals surface area (Å²) in [5, 5.41) is 3.41. The van der Waals surface area contributed by atoms with Crippen LogP contribution < -0.4 is 5.32 Å². The molecule has 0 spiro atoms. The quantitative estimate of drug-likeness (QED) is 0.593. The van der Waals surface area contributed by atoms with Crippen molar-refractivity contribution >= 4 is 11.8 Å². The number of rotatable bonds is 0. The summed E-state index contributed by atoms with van der Waals surface area (Å²) >= 11 is 1.98. The van der Waals surface area contributed by atoms with Crippen molar-refractivity contribution in [3.63, 3.8) is 0 Å². The van der Waals surface area contributed by atoms with E-state index in [9.17, 15) is 0 Å². The molecular weight excluding hydrogens is 154 g/mol. The molecule has 1 N–H and O–H groups in total. The maximum absolute atomic E-state index is 3.41. The Balaban J connectivity index is 2.19. The van der Waals surface area contributed by atoms with E-state index in [4.69, 9.17) is 0 Å². The molecule has 0 aromatic carbocycles. The van der Waals surface area contributed by atoms with E-state index in [1.807, 2.05) is 11.8 Å². The molecule has 2 heteroatoms. The van der Waals surface area contributed by atoms with E-state index in [1.54, 1.807) is 0 Å². The van der Waals surface area contributed by atoms with E-state index in [1.165, 1.54) is 22.8 Å². The van der Waals surface area contributed by atoms with Crippen LogP contribution in [0.2, 0.25) is 0 Å². The molecule has 1 aliphatic carbocycles. The van der Waals surface area contributed by atoms with Crippen molar-refractivity contribution in [2.24, 2.45) is 5.92 Å². The smallest absolute Gasteiger partial charge is 0.0435 e. The molecule has 11 heavy (non-hydrogen) atoms. The van der Waals surface area contributed by atoms with E-state index in [2.05, 4.69) is 24.4 Å². The highest BCUT2D eigenvalue weighted by Gasteiger charge is 2.15. The van der Waals surface area contributed by atoms with Gasteiger partial charge in [-0.1, -0.05) is 19.1 Å². The molecule has 0 unspecified atom stereocenters. The van der Waals surface area contributed by atoms with Crippen molar-refractivity contribution in [3.8, 4) is 0 Å². The zero-order valence-corrected chi connectivity index (χ0v) is 7.58. The fraction of sp³-hybridized carbons (Fsp3) is 0.556. The van der Waals surface area contributed by atoms with Gasteiger partial charge in [0.1, 0.15) is 0 Å². The van der Waals surface area contributed by atoms with Gasteiger partial charge in [-0.25, -0.2) is 0 Å². The van der Waals surface area contributed by atoms with Gasteiger partial charge in [0.15, 0.2) is 0 Å². The molecule has 2 aliphatic rings. The minimum atomic E-state index is 0.737. The SMILES string of the molecule is C[C@H]1C=C2SCCNC2=CC1. The maximum atomic E-state index is 3.41. The zero-order chi connectivity index (χ0) is 7.68. The van der Waals surface area contributed by atoms with Crippen LogP contribution in [0.1, 0.15) is 13.3 Å². The second-order valence-corrected chi connectivity index (χ2v) is 4.27. The minimum Gasteiger partial charge on any atom is -0.384 e. The van der Waals surface area contributed by atoms with Gasteiger partial charge < -0.3 is 5.32 Å². The lowest BCUT2D eigenvalue weighted by Gasteiger charge is -2.24. The first kappa shape index (κ1) is 7.29. The minimum absolute atomic E-state index is 0.737. The Morgan fingerprint density at radius 2 is 2.55 bits per heavy atom. The Labute approximate surface area is 71.9 Å². The van der Waals surface area contributed by atoms with Crippen LogP contribution in [-0.2, 0) is 0 Å². The third-order valence-corrected chi connectivity index (χ3v) is 3.15. The van der Waals surface area contributed by atoms with E-state index < -0.39 is 0 Å². The Bertz CT molecular complexity index is 218. The third-order valence-electron chi connectivity index (χ3n) is 2.07. The topological polar surface area (TPSA) is 12.0 Å². The molecule has 0 bridgehead atoms. The monoisotopic (exact) mass is 167 g/mol. The predicted octanol–water partition coefficient (Wildman–Crippen LogP) is 2.13. The second kappa shape index (κ2) is 2.94. The average molecular weight is 167 g/mol. The summed E-state index contributed by atoms with van der Waals surface area (Å²) in [5.41, 5.74) is 1.37. The highest BCUT2D eigenvalue weighted by molar-refractivity contribution is 8.03. The lowest BCUT2D eigenvalue weighted by atomic mass is 10.0. The molecule has 0 aromatic heterocycles. The van der Waals surface area contributed by atoms with Crippen LogP contribution in [-0.4, -0.2) is 12.3 Å². The Kier molecular flexibility index (Phi) is 1.95. The number of hydrogen-bond acceptors (Lipinski definition) is 2. The zero-order valence-electron chi connectivity index (χ0n) is 6.76. The summed E-state index contributed by atoms with van der Waals surface area (Å²) in [4.78, 5) is 1.47. The van der Waals surface area contributed by atoms with Crippen LogP contribution in [0.5, 0.6) is 0 Å². The van der Waals surface area contributed by atoms with Crippen LogP contribution in [0, 0.1) is 5.92 Å². The summed E-state index contributed by atoms with van der Waals surface area (Å²) in [5.74, 6) is 1.96. The molecule has 0 radical (unpaired) electrons. The molecular formula is C9H13NS. The fourth-order valence-electron chi connectivity index (χ4n) is 1.45. The van der Waals surface area contributed by atoms with Crippen LogP contribution in [0.25, 0.3) is 0 Å². The van der Waals surface area contributed by atoms with Gasteiger partial charge in [0.25, 0.3) is 0 Å². The Morgan fingerprint density at radius 1 is 1.64 bits per heavy atom. The molecule has 1 saturated heterocycles. The number of nitrogens with one attached hydrogen (secondary N) is 1. The third kappa shape index (κ3) is 1.45. The Hall–Kier alpha value is -0.370. The summed E-state index contributed by atoms with van der Waals surface area (Å²) in [6.07, 6.45) is 5.91. The first-order valence-electron chi connectivity index (χ1n) is 4.15. The molecule has 1 aliphatic heterocycles. The summed E-state index contributed by atoms with van der Waals surface area (Å²) in [6, 6.07) is 0. The summed E-state index contributed by atoms with van der Waals surface area (Å²) < 4.78 is 0. The molecule has 0 amide bonds. The van der Waals surface area contributed by atoms with Gasteiger partial charge >= 0.3 is 0 Å². The number of thioether (sulfide) groups is 1. The van der Waals surface area contributed by atoms with Gasteiger partial charge in [-0.2, -0.15) is 0 Å².